The van der Waals surface area contributed by atoms with Gasteiger partial charge in [0.15, 0.2) is 11.5 Å². The molecule has 15 heteroatoms. The zero-order chi connectivity index (χ0) is 28.5. The van der Waals surface area contributed by atoms with Crippen molar-refractivity contribution in [3.05, 3.63) is 65.9 Å². The fourth-order valence-electron chi connectivity index (χ4n) is 3.35. The van der Waals surface area contributed by atoms with Crippen molar-refractivity contribution in [1.29, 1.82) is 0 Å². The van der Waals surface area contributed by atoms with Gasteiger partial charge in [0.1, 0.15) is 5.82 Å². The molecular formula is C26H32As2Cl2N6O5. The van der Waals surface area contributed by atoms with E-state index in [9.17, 15) is 10.2 Å². The number of aromatic hydroxyl groups is 2. The third kappa shape index (κ3) is 9.90. The topological polar surface area (TPSA) is 198 Å². The van der Waals surface area contributed by atoms with Crippen LogP contribution in [0.5, 0.6) is 28.7 Å². The molecule has 0 radical (unpaired) electrons. The fourth-order valence-corrected chi connectivity index (χ4v) is 10.5. The Bertz CT molecular complexity index is 1420. The molecule has 0 unspecified atom stereocenters. The number of halogens is 2. The van der Waals surface area contributed by atoms with Crippen LogP contribution in [0.15, 0.2) is 54.7 Å². The summed E-state index contributed by atoms with van der Waals surface area (Å²) in [5.74, 6) is 2.49. The van der Waals surface area contributed by atoms with Crippen molar-refractivity contribution in [2.75, 3.05) is 44.3 Å². The number of phenols is 2. The van der Waals surface area contributed by atoms with Crippen molar-refractivity contribution >= 4 is 82.9 Å². The maximum atomic E-state index is 9.34. The van der Waals surface area contributed by atoms with Crippen LogP contribution >= 0.6 is 24.8 Å². The van der Waals surface area contributed by atoms with Crippen LogP contribution < -0.4 is 45.8 Å². The van der Waals surface area contributed by atoms with Crippen LogP contribution in [0.4, 0.5) is 23.1 Å². The molecule has 0 fully saturated rings. The molecule has 0 bridgehead atoms. The first-order chi connectivity index (χ1) is 18.6. The van der Waals surface area contributed by atoms with Gasteiger partial charge in [0.2, 0.25) is 11.7 Å². The van der Waals surface area contributed by atoms with Crippen LogP contribution in [-0.2, 0) is 6.42 Å². The van der Waals surface area contributed by atoms with E-state index in [1.54, 1.807) is 39.7 Å². The van der Waals surface area contributed by atoms with Gasteiger partial charge in [-0.05, 0) is 17.7 Å². The van der Waals surface area contributed by atoms with Crippen molar-refractivity contribution in [2.45, 2.75) is 6.42 Å². The maximum absolute atomic E-state index is 9.34. The molecule has 0 saturated heterocycles. The van der Waals surface area contributed by atoms with Crippen LogP contribution in [-0.4, -0.2) is 67.8 Å². The molecule has 4 rings (SSSR count). The Labute approximate surface area is 261 Å². The Kier molecular flexibility index (Phi) is 14.6. The van der Waals surface area contributed by atoms with Gasteiger partial charge in [0.25, 0.3) is 0 Å². The number of hydrogen-bond acceptors (Lipinski definition) is 11. The molecule has 3 aromatic carbocycles. The second-order valence-electron chi connectivity index (χ2n) is 8.04. The van der Waals surface area contributed by atoms with Crippen molar-refractivity contribution < 1.29 is 24.4 Å². The van der Waals surface area contributed by atoms with E-state index < -0.39 is 0 Å². The van der Waals surface area contributed by atoms with E-state index >= 15 is 0 Å². The number of nitrogens with two attached hydrogens (primary N) is 4. The summed E-state index contributed by atoms with van der Waals surface area (Å²) in [6, 6.07) is 14.5. The minimum absolute atomic E-state index is 0. The van der Waals surface area contributed by atoms with E-state index in [0.717, 1.165) is 11.1 Å². The van der Waals surface area contributed by atoms with Gasteiger partial charge in [-0.1, -0.05) is 0 Å². The van der Waals surface area contributed by atoms with Gasteiger partial charge in [-0.15, -0.1) is 24.8 Å². The SMILES string of the molecule is COc1cc(Cc2cnc(N)nc2N)cc(OC)c1OC.Cl.Cl.Nc1cc(/[As]=[As]/c2ccc(O)c(N)c2)ccc1O. The van der Waals surface area contributed by atoms with E-state index in [2.05, 4.69) is 9.97 Å². The Balaban J connectivity index is 0.000000395. The number of methoxy groups -OCH3 is 3. The number of ether oxygens (including phenoxy) is 3. The van der Waals surface area contributed by atoms with Crippen LogP contribution in [0.1, 0.15) is 11.1 Å². The monoisotopic (exact) mass is 728 g/mol. The molecule has 0 aliphatic rings. The predicted octanol–water partition coefficient (Wildman–Crippen LogP) is 1.64. The summed E-state index contributed by atoms with van der Waals surface area (Å²) in [7, 11) is 4.70. The molecule has 11 nitrogen and oxygen atoms in total. The first-order valence-electron chi connectivity index (χ1n) is 11.4. The molecule has 220 valence electrons. The number of aromatic nitrogens is 2. The first kappa shape index (κ1) is 35.7. The zero-order valence-corrected chi connectivity index (χ0v) is 27.8. The number of nitrogen functional groups attached to an aromatic ring is 4. The number of rotatable bonds is 7. The molecular weight excluding hydrogens is 697 g/mol. The van der Waals surface area contributed by atoms with Gasteiger partial charge >= 0.3 is 116 Å². The summed E-state index contributed by atoms with van der Waals surface area (Å²) in [5.41, 5.74) is 25.2. The number of nitrogens with zero attached hydrogens (tertiary/aromatic N) is 2. The Morgan fingerprint density at radius 2 is 1.22 bits per heavy atom. The molecule has 0 saturated carbocycles. The molecule has 0 aliphatic heterocycles. The molecule has 0 amide bonds. The van der Waals surface area contributed by atoms with Gasteiger partial charge in [-0.25, -0.2) is 4.98 Å². The van der Waals surface area contributed by atoms with Crippen LogP contribution in [0.3, 0.4) is 0 Å². The quantitative estimate of drug-likeness (QED) is 0.0919. The van der Waals surface area contributed by atoms with Gasteiger partial charge in [-0.3, -0.25) is 0 Å². The average molecular weight is 729 g/mol. The molecule has 4 aromatic rings. The van der Waals surface area contributed by atoms with E-state index in [1.165, 1.54) is 8.70 Å². The zero-order valence-electron chi connectivity index (χ0n) is 22.4. The van der Waals surface area contributed by atoms with E-state index in [1.807, 2.05) is 36.4 Å². The van der Waals surface area contributed by atoms with Crippen molar-refractivity contribution in [3.63, 3.8) is 0 Å². The van der Waals surface area contributed by atoms with Gasteiger partial charge in [-0.2, -0.15) is 4.98 Å². The molecule has 1 heterocycles. The molecule has 0 atom stereocenters. The molecule has 10 N–H and O–H groups in total. The molecule has 41 heavy (non-hydrogen) atoms. The number of phenolic OH excluding ortho intramolecular Hbond substituents is 2. The van der Waals surface area contributed by atoms with Crippen molar-refractivity contribution in [2.24, 2.45) is 0 Å². The third-order valence-corrected chi connectivity index (χ3v) is 13.8. The Morgan fingerprint density at radius 3 is 1.61 bits per heavy atom. The van der Waals surface area contributed by atoms with Gasteiger partial charge in [0.05, 0.1) is 21.3 Å². The minimum atomic E-state index is 0. The van der Waals surface area contributed by atoms with E-state index in [4.69, 9.17) is 37.1 Å². The second kappa shape index (κ2) is 16.8. The van der Waals surface area contributed by atoms with Crippen LogP contribution in [0, 0.1) is 0 Å². The predicted molar refractivity (Wildman–Crippen MR) is 170 cm³/mol. The third-order valence-electron chi connectivity index (χ3n) is 5.34. The van der Waals surface area contributed by atoms with Crippen molar-refractivity contribution in [1.82, 2.24) is 9.97 Å². The van der Waals surface area contributed by atoms with Gasteiger partial charge in [0, 0.05) is 18.2 Å². The summed E-state index contributed by atoms with van der Waals surface area (Å²) >= 11 is 0.0278. The van der Waals surface area contributed by atoms with Crippen molar-refractivity contribution in [3.8, 4) is 28.7 Å². The van der Waals surface area contributed by atoms with Gasteiger partial charge < -0.3 is 25.7 Å². The standard InChI is InChI=1S/C14H18N4O3.C12H12As2N2O2.2ClH/c1-19-10-5-8(6-11(20-2)12(10)21-3)4-9-7-17-14(16)18-13(9)15;15-9-5-7(1-3-11(9)17)13-14-8-2-4-12(18)10(16)6-8;;/h5-7H,4H2,1-3H3,(H4,15,16,17,18);1-6,17-18H,15-16H2;2*1H. The second-order valence-corrected chi connectivity index (χ2v) is 15.4. The van der Waals surface area contributed by atoms with E-state index in [-0.39, 0.29) is 68.5 Å². The first-order valence-corrected chi connectivity index (χ1v) is 18.5. The summed E-state index contributed by atoms with van der Waals surface area (Å²) in [5, 5.41) is 18.7. The van der Waals surface area contributed by atoms with Crippen LogP contribution in [0.2, 0.25) is 0 Å². The summed E-state index contributed by atoms with van der Waals surface area (Å²) in [4.78, 5) is 7.90. The summed E-state index contributed by atoms with van der Waals surface area (Å²) in [6.07, 6.45) is 2.14. The summed E-state index contributed by atoms with van der Waals surface area (Å²) in [6.45, 7) is 0. The van der Waals surface area contributed by atoms with Crippen LogP contribution in [0.25, 0.3) is 0 Å². The average Bonchev–Trinajstić information content (AvgIpc) is 2.92. The number of anilines is 4. The molecule has 1 aromatic heterocycles. The summed E-state index contributed by atoms with van der Waals surface area (Å²) < 4.78 is 18.3. The normalized spacial score (nSPS) is 10.0. The van der Waals surface area contributed by atoms with E-state index in [0.29, 0.717) is 40.9 Å². The Hall–Kier alpha value is -3.36. The Morgan fingerprint density at radius 1 is 0.732 bits per heavy atom. The number of benzene rings is 3. The number of hydrogen-bond donors (Lipinski definition) is 6. The molecule has 0 spiro atoms. The molecule has 0 aliphatic carbocycles. The fraction of sp³-hybridized carbons (Fsp3) is 0.154.